The molecule has 0 aromatic carbocycles. The van der Waals surface area contributed by atoms with Crippen molar-refractivity contribution in [1.82, 2.24) is 5.32 Å². The second-order valence-electron chi connectivity index (χ2n) is 3.16. The smallest absolute Gasteiger partial charge is 0.252 e. The minimum atomic E-state index is -1.48. The highest BCUT2D eigenvalue weighted by atomic mass is 16.3. The first-order valence-corrected chi connectivity index (χ1v) is 3.58. The molecule has 0 aliphatic carbocycles. The van der Waals surface area contributed by atoms with E-state index in [1.165, 1.54) is 20.8 Å². The van der Waals surface area contributed by atoms with Gasteiger partial charge in [0.05, 0.1) is 0 Å². The van der Waals surface area contributed by atoms with E-state index in [0.29, 0.717) is 0 Å². The third-order valence-electron chi connectivity index (χ3n) is 1.33. The van der Waals surface area contributed by atoms with E-state index < -0.39 is 23.5 Å². The first-order valence-electron chi connectivity index (χ1n) is 3.58. The molecule has 0 saturated carbocycles. The fourth-order valence-electron chi connectivity index (χ4n) is 0.444. The maximum atomic E-state index is 11.0. The second-order valence-corrected chi connectivity index (χ2v) is 3.16. The van der Waals surface area contributed by atoms with Crippen LogP contribution in [-0.2, 0) is 9.59 Å². The van der Waals surface area contributed by atoms with Gasteiger partial charge in [0.15, 0.2) is 0 Å². The van der Waals surface area contributed by atoms with Gasteiger partial charge in [-0.3, -0.25) is 9.59 Å². The Kier molecular flexibility index (Phi) is 3.21. The highest BCUT2D eigenvalue weighted by Crippen LogP contribution is 2.00. The average molecular weight is 174 g/mol. The maximum Gasteiger partial charge on any atom is 0.252 e. The Labute approximate surface area is 70.9 Å². The zero-order valence-corrected chi connectivity index (χ0v) is 7.42. The van der Waals surface area contributed by atoms with Gasteiger partial charge in [-0.2, -0.15) is 0 Å². The van der Waals surface area contributed by atoms with Gasteiger partial charge in [-0.05, 0) is 20.8 Å². The molecule has 5 nitrogen and oxygen atoms in total. The Morgan fingerprint density at radius 2 is 1.92 bits per heavy atom. The van der Waals surface area contributed by atoms with E-state index in [9.17, 15) is 9.59 Å². The number of hydrogen-bond acceptors (Lipinski definition) is 3. The van der Waals surface area contributed by atoms with Crippen LogP contribution in [0.25, 0.3) is 0 Å². The Bertz CT molecular complexity index is 195. The van der Waals surface area contributed by atoms with Crippen molar-refractivity contribution in [2.75, 3.05) is 0 Å². The molecule has 5 heteroatoms. The van der Waals surface area contributed by atoms with E-state index >= 15 is 0 Å². The van der Waals surface area contributed by atoms with E-state index in [2.05, 4.69) is 5.32 Å². The van der Waals surface area contributed by atoms with Crippen LogP contribution in [0.3, 0.4) is 0 Å². The van der Waals surface area contributed by atoms with E-state index in [0.717, 1.165) is 0 Å². The van der Waals surface area contributed by atoms with Crippen molar-refractivity contribution in [3.05, 3.63) is 0 Å². The Morgan fingerprint density at radius 3 is 2.17 bits per heavy atom. The van der Waals surface area contributed by atoms with Gasteiger partial charge in [-0.15, -0.1) is 0 Å². The number of carbonyl (C=O) groups excluding carboxylic acids is 2. The molecule has 0 saturated heterocycles. The summed E-state index contributed by atoms with van der Waals surface area (Å²) in [7, 11) is 0. The van der Waals surface area contributed by atoms with Crippen LogP contribution in [0.2, 0.25) is 0 Å². The first kappa shape index (κ1) is 10.9. The van der Waals surface area contributed by atoms with Crippen LogP contribution in [0.1, 0.15) is 20.8 Å². The summed E-state index contributed by atoms with van der Waals surface area (Å²) in [6, 6.07) is -0.760. The molecule has 4 N–H and O–H groups in total. The summed E-state index contributed by atoms with van der Waals surface area (Å²) in [4.78, 5) is 21.5. The molecular weight excluding hydrogens is 160 g/mol. The number of rotatable bonds is 3. The van der Waals surface area contributed by atoms with Gasteiger partial charge in [0, 0.05) is 0 Å². The summed E-state index contributed by atoms with van der Waals surface area (Å²) < 4.78 is 0. The maximum absolute atomic E-state index is 11.0. The number of carbonyl (C=O) groups is 2. The highest BCUT2D eigenvalue weighted by molar-refractivity contribution is 5.89. The van der Waals surface area contributed by atoms with Gasteiger partial charge < -0.3 is 16.2 Å². The number of nitrogens with one attached hydrogen (secondary N) is 1. The summed E-state index contributed by atoms with van der Waals surface area (Å²) >= 11 is 0. The van der Waals surface area contributed by atoms with Crippen LogP contribution in [0, 0.1) is 0 Å². The molecule has 0 rings (SSSR count). The second kappa shape index (κ2) is 3.53. The number of aliphatic hydroxyl groups is 1. The summed E-state index contributed by atoms with van der Waals surface area (Å²) in [5.74, 6) is -1.25. The van der Waals surface area contributed by atoms with Gasteiger partial charge in [0.1, 0.15) is 11.6 Å². The van der Waals surface area contributed by atoms with Crippen molar-refractivity contribution in [2.24, 2.45) is 5.73 Å². The minimum absolute atomic E-state index is 0.617. The van der Waals surface area contributed by atoms with Crippen molar-refractivity contribution in [2.45, 2.75) is 32.4 Å². The van der Waals surface area contributed by atoms with Crippen LogP contribution in [0.15, 0.2) is 0 Å². The van der Waals surface area contributed by atoms with Crippen LogP contribution < -0.4 is 11.1 Å². The summed E-state index contributed by atoms with van der Waals surface area (Å²) in [5.41, 5.74) is 3.41. The quantitative estimate of drug-likeness (QED) is 0.499. The largest absolute Gasteiger partial charge is 0.381 e. The number of nitrogens with two attached hydrogens (primary N) is 1. The topological polar surface area (TPSA) is 92.4 Å². The lowest BCUT2D eigenvalue weighted by Crippen LogP contribution is -2.50. The molecule has 0 spiro atoms. The van der Waals surface area contributed by atoms with Crippen molar-refractivity contribution in [3.63, 3.8) is 0 Å². The van der Waals surface area contributed by atoms with Crippen molar-refractivity contribution in [3.8, 4) is 0 Å². The molecule has 0 heterocycles. The molecule has 0 radical (unpaired) electrons. The Hall–Kier alpha value is -1.10. The van der Waals surface area contributed by atoms with Crippen LogP contribution in [0.4, 0.5) is 0 Å². The Morgan fingerprint density at radius 1 is 1.50 bits per heavy atom. The molecule has 0 aliphatic rings. The number of primary amides is 1. The summed E-state index contributed by atoms with van der Waals surface area (Å²) in [5, 5.41) is 11.4. The van der Waals surface area contributed by atoms with Crippen molar-refractivity contribution < 1.29 is 14.7 Å². The molecule has 70 valence electrons. The summed E-state index contributed by atoms with van der Waals surface area (Å²) in [6.07, 6.45) is 0. The fourth-order valence-corrected chi connectivity index (χ4v) is 0.444. The lowest BCUT2D eigenvalue weighted by Gasteiger charge is -2.18. The number of hydrogen-bond donors (Lipinski definition) is 3. The van der Waals surface area contributed by atoms with E-state index in [1.807, 2.05) is 0 Å². The van der Waals surface area contributed by atoms with E-state index in [-0.39, 0.29) is 0 Å². The SMILES string of the molecule is C[C@H](NC(=O)C(C)(C)O)C(N)=O. The first-order chi connectivity index (χ1) is 5.25. The third kappa shape index (κ3) is 3.34. The zero-order valence-electron chi connectivity index (χ0n) is 7.42. The van der Waals surface area contributed by atoms with E-state index in [4.69, 9.17) is 10.8 Å². The lowest BCUT2D eigenvalue weighted by atomic mass is 10.1. The molecule has 0 unspecified atom stereocenters. The Balaban J connectivity index is 4.11. The third-order valence-corrected chi connectivity index (χ3v) is 1.33. The van der Waals surface area contributed by atoms with Gasteiger partial charge in [-0.25, -0.2) is 0 Å². The normalized spacial score (nSPS) is 13.7. The molecule has 0 fully saturated rings. The van der Waals surface area contributed by atoms with Crippen LogP contribution in [0.5, 0.6) is 0 Å². The monoisotopic (exact) mass is 174 g/mol. The fraction of sp³-hybridized carbons (Fsp3) is 0.714. The van der Waals surface area contributed by atoms with Gasteiger partial charge >= 0.3 is 0 Å². The lowest BCUT2D eigenvalue weighted by molar-refractivity contribution is -0.138. The molecule has 0 bridgehead atoms. The zero-order chi connectivity index (χ0) is 9.94. The molecule has 0 aliphatic heterocycles. The van der Waals surface area contributed by atoms with Crippen molar-refractivity contribution in [1.29, 1.82) is 0 Å². The van der Waals surface area contributed by atoms with Gasteiger partial charge in [0.25, 0.3) is 5.91 Å². The molecule has 0 aromatic heterocycles. The molecule has 2 amide bonds. The standard InChI is InChI=1S/C7H14N2O3/c1-4(5(8)10)9-6(11)7(2,3)12/h4,12H,1-3H3,(H2,8,10)(H,9,11)/t4-/m0/s1. The molecule has 12 heavy (non-hydrogen) atoms. The number of amides is 2. The van der Waals surface area contributed by atoms with Crippen LogP contribution in [-0.4, -0.2) is 28.6 Å². The van der Waals surface area contributed by atoms with Crippen LogP contribution >= 0.6 is 0 Å². The van der Waals surface area contributed by atoms with Gasteiger partial charge in [-0.1, -0.05) is 0 Å². The predicted octanol–water partition coefficient (Wildman–Crippen LogP) is -1.25. The summed E-state index contributed by atoms with van der Waals surface area (Å²) in [6.45, 7) is 4.11. The average Bonchev–Trinajstić information content (AvgIpc) is 1.85. The molecule has 0 aromatic rings. The highest BCUT2D eigenvalue weighted by Gasteiger charge is 2.25. The molecule has 1 atom stereocenters. The minimum Gasteiger partial charge on any atom is -0.381 e. The molecular formula is C7H14N2O3. The van der Waals surface area contributed by atoms with Gasteiger partial charge in [0.2, 0.25) is 5.91 Å². The predicted molar refractivity (Wildman–Crippen MR) is 43.1 cm³/mol. The van der Waals surface area contributed by atoms with Crippen molar-refractivity contribution >= 4 is 11.8 Å². The van der Waals surface area contributed by atoms with E-state index in [1.54, 1.807) is 0 Å².